The Hall–Kier alpha value is -0.860. The number of ether oxygens (including phenoxy) is 1. The van der Waals surface area contributed by atoms with E-state index in [-0.39, 0.29) is 11.7 Å². The molecule has 0 aromatic heterocycles. The van der Waals surface area contributed by atoms with Crippen molar-refractivity contribution >= 4 is 0 Å². The Morgan fingerprint density at radius 1 is 1.41 bits per heavy atom. The van der Waals surface area contributed by atoms with E-state index in [1.807, 2.05) is 19.3 Å². The third-order valence-corrected chi connectivity index (χ3v) is 4.10. The smallest absolute Gasteiger partial charge is 0.0890 e. The van der Waals surface area contributed by atoms with E-state index in [0.29, 0.717) is 0 Å². The molecule has 2 heteroatoms. The number of hydrogen-bond acceptors (Lipinski definition) is 2. The van der Waals surface area contributed by atoms with Gasteiger partial charge in [0.2, 0.25) is 0 Å². The zero-order valence-corrected chi connectivity index (χ0v) is 10.6. The molecular weight excluding hydrogens is 212 g/mol. The molecule has 0 bridgehead atoms. The minimum absolute atomic E-state index is 0.0129. The van der Waals surface area contributed by atoms with Crippen LogP contribution in [0.5, 0.6) is 0 Å². The highest BCUT2D eigenvalue weighted by Crippen LogP contribution is 2.43. The van der Waals surface area contributed by atoms with Crippen LogP contribution in [0.25, 0.3) is 0 Å². The van der Waals surface area contributed by atoms with Crippen LogP contribution in [0.15, 0.2) is 36.0 Å². The summed E-state index contributed by atoms with van der Waals surface area (Å²) in [6.07, 6.45) is 12.0. The van der Waals surface area contributed by atoms with Crippen molar-refractivity contribution < 1.29 is 9.84 Å². The molecule has 1 saturated carbocycles. The van der Waals surface area contributed by atoms with Gasteiger partial charge < -0.3 is 9.84 Å². The molecule has 0 amide bonds. The molecule has 17 heavy (non-hydrogen) atoms. The Labute approximate surface area is 104 Å². The lowest BCUT2D eigenvalue weighted by molar-refractivity contribution is -0.0427. The van der Waals surface area contributed by atoms with E-state index in [9.17, 15) is 5.11 Å². The fraction of sp³-hybridized carbons (Fsp3) is 0.600. The van der Waals surface area contributed by atoms with Crippen molar-refractivity contribution in [1.82, 2.24) is 0 Å². The maximum absolute atomic E-state index is 9.82. The summed E-state index contributed by atoms with van der Waals surface area (Å²) >= 11 is 0. The Morgan fingerprint density at radius 3 is 2.76 bits per heavy atom. The van der Waals surface area contributed by atoms with Gasteiger partial charge in [0.1, 0.15) is 0 Å². The largest absolute Gasteiger partial charge is 0.388 e. The van der Waals surface area contributed by atoms with Gasteiger partial charge in [0.15, 0.2) is 0 Å². The second-order valence-corrected chi connectivity index (χ2v) is 5.09. The van der Waals surface area contributed by atoms with Crippen LogP contribution in [-0.2, 0) is 4.74 Å². The zero-order valence-electron chi connectivity index (χ0n) is 10.6. The molecule has 0 radical (unpaired) electrons. The first kappa shape index (κ1) is 12.6. The molecule has 0 aromatic carbocycles. The first-order chi connectivity index (χ1) is 8.18. The molecule has 2 aliphatic carbocycles. The van der Waals surface area contributed by atoms with Crippen LogP contribution in [0.2, 0.25) is 0 Å². The number of allylic oxidation sites excluding steroid dienone is 2. The lowest BCUT2D eigenvalue weighted by Gasteiger charge is -2.42. The van der Waals surface area contributed by atoms with Gasteiger partial charge in [-0.05, 0) is 49.7 Å². The van der Waals surface area contributed by atoms with E-state index in [4.69, 9.17) is 4.74 Å². The van der Waals surface area contributed by atoms with Crippen LogP contribution in [0, 0.1) is 0 Å². The van der Waals surface area contributed by atoms with Gasteiger partial charge in [-0.15, -0.1) is 0 Å². The highest BCUT2D eigenvalue weighted by Gasteiger charge is 2.39. The van der Waals surface area contributed by atoms with Crippen LogP contribution in [-0.4, -0.2) is 23.9 Å². The average Bonchev–Trinajstić information content (AvgIpc) is 2.33. The molecule has 1 N–H and O–H groups in total. The summed E-state index contributed by atoms with van der Waals surface area (Å²) in [7, 11) is 1.81. The number of aliphatic hydroxyl groups is 1. The van der Waals surface area contributed by atoms with Crippen LogP contribution >= 0.6 is 0 Å². The molecule has 94 valence electrons. The number of hydrogen-bond donors (Lipinski definition) is 1. The van der Waals surface area contributed by atoms with E-state index in [2.05, 4.69) is 12.7 Å². The summed E-state index contributed by atoms with van der Waals surface area (Å²) in [4.78, 5) is 0. The van der Waals surface area contributed by atoms with Gasteiger partial charge in [-0.3, -0.25) is 0 Å². The van der Waals surface area contributed by atoms with E-state index in [1.165, 1.54) is 12.0 Å². The minimum atomic E-state index is -0.390. The summed E-state index contributed by atoms with van der Waals surface area (Å²) in [6.45, 7) is 3.88. The number of aliphatic hydroxyl groups excluding tert-OH is 1. The Bertz CT molecular complexity index is 342. The van der Waals surface area contributed by atoms with Gasteiger partial charge in [0, 0.05) is 7.11 Å². The summed E-state index contributed by atoms with van der Waals surface area (Å²) < 4.78 is 5.72. The number of rotatable bonds is 2. The van der Waals surface area contributed by atoms with Crippen molar-refractivity contribution in [2.75, 3.05) is 7.11 Å². The zero-order chi connectivity index (χ0) is 12.3. The fourth-order valence-corrected chi connectivity index (χ4v) is 2.69. The van der Waals surface area contributed by atoms with Crippen LogP contribution in [0.4, 0.5) is 0 Å². The summed E-state index contributed by atoms with van der Waals surface area (Å²) in [5.41, 5.74) is 2.17. The van der Waals surface area contributed by atoms with Crippen molar-refractivity contribution in [3.05, 3.63) is 36.0 Å². The third-order valence-electron chi connectivity index (χ3n) is 4.10. The van der Waals surface area contributed by atoms with Gasteiger partial charge in [0.05, 0.1) is 11.7 Å². The highest BCUT2D eigenvalue weighted by atomic mass is 16.5. The second kappa shape index (κ2) is 5.19. The van der Waals surface area contributed by atoms with Gasteiger partial charge >= 0.3 is 0 Å². The molecule has 1 fully saturated rings. The highest BCUT2D eigenvalue weighted by molar-refractivity contribution is 5.30. The molecule has 2 nitrogen and oxygen atoms in total. The van der Waals surface area contributed by atoms with Crippen molar-refractivity contribution in [1.29, 1.82) is 0 Å². The Morgan fingerprint density at radius 2 is 2.18 bits per heavy atom. The quantitative estimate of drug-likeness (QED) is 0.795. The minimum Gasteiger partial charge on any atom is -0.388 e. The predicted octanol–water partition coefficient (Wildman–Crippen LogP) is 3.14. The summed E-state index contributed by atoms with van der Waals surface area (Å²) in [6, 6.07) is 0. The summed E-state index contributed by atoms with van der Waals surface area (Å²) in [5.74, 6) is 0. The maximum atomic E-state index is 9.82. The van der Waals surface area contributed by atoms with E-state index in [1.54, 1.807) is 0 Å². The average molecular weight is 234 g/mol. The third kappa shape index (κ3) is 2.53. The first-order valence-corrected chi connectivity index (χ1v) is 6.48. The Balaban J connectivity index is 2.15. The first-order valence-electron chi connectivity index (χ1n) is 6.48. The normalized spacial score (nSPS) is 33.6. The summed E-state index contributed by atoms with van der Waals surface area (Å²) in [5, 5.41) is 9.82. The van der Waals surface area contributed by atoms with Crippen LogP contribution < -0.4 is 0 Å². The van der Waals surface area contributed by atoms with Gasteiger partial charge in [-0.2, -0.15) is 0 Å². The van der Waals surface area contributed by atoms with E-state index >= 15 is 0 Å². The van der Waals surface area contributed by atoms with Crippen LogP contribution in [0.3, 0.4) is 0 Å². The second-order valence-electron chi connectivity index (χ2n) is 5.09. The number of methoxy groups -OCH3 is 1. The van der Waals surface area contributed by atoms with Crippen molar-refractivity contribution in [3.63, 3.8) is 0 Å². The molecule has 0 unspecified atom stereocenters. The van der Waals surface area contributed by atoms with E-state index in [0.717, 1.165) is 37.7 Å². The van der Waals surface area contributed by atoms with Gasteiger partial charge in [0.25, 0.3) is 0 Å². The SMILES string of the molecule is C=C1/C=C\C=C(\C2(OC)CCC2)CCC[C@@H]1O. The molecule has 0 aliphatic heterocycles. The van der Waals surface area contributed by atoms with E-state index < -0.39 is 0 Å². The lowest BCUT2D eigenvalue weighted by atomic mass is 9.72. The Kier molecular flexibility index (Phi) is 3.85. The monoisotopic (exact) mass is 234 g/mol. The topological polar surface area (TPSA) is 29.5 Å². The van der Waals surface area contributed by atoms with Crippen molar-refractivity contribution in [3.8, 4) is 0 Å². The fourth-order valence-electron chi connectivity index (χ4n) is 2.69. The molecule has 0 saturated heterocycles. The van der Waals surface area contributed by atoms with Crippen LogP contribution in [0.1, 0.15) is 38.5 Å². The maximum Gasteiger partial charge on any atom is 0.0890 e. The molecule has 0 heterocycles. The molecule has 0 spiro atoms. The molecule has 2 aliphatic rings. The molecule has 1 atom stereocenters. The van der Waals surface area contributed by atoms with Gasteiger partial charge in [-0.1, -0.05) is 24.8 Å². The van der Waals surface area contributed by atoms with Crippen molar-refractivity contribution in [2.24, 2.45) is 0 Å². The van der Waals surface area contributed by atoms with Crippen molar-refractivity contribution in [2.45, 2.75) is 50.2 Å². The molecule has 0 aromatic rings. The molecular formula is C15H22O2. The van der Waals surface area contributed by atoms with Gasteiger partial charge in [-0.25, -0.2) is 0 Å². The molecule has 2 rings (SSSR count). The standard InChI is InChI=1S/C15H22O2/c1-12-6-3-7-13(8-4-9-14(12)16)15(17-2)10-5-11-15/h3,6-7,14,16H,1,4-5,8-11H2,2H3/b6-3-,13-7+/t14-/m0/s1. The lowest BCUT2D eigenvalue weighted by Crippen LogP contribution is -2.41. The predicted molar refractivity (Wildman–Crippen MR) is 69.8 cm³/mol.